The Hall–Kier alpha value is -3.91. The van der Waals surface area contributed by atoms with Gasteiger partial charge in [0.15, 0.2) is 5.76 Å². The summed E-state index contributed by atoms with van der Waals surface area (Å²) in [5.41, 5.74) is 4.17. The second-order valence-corrected chi connectivity index (χ2v) is 9.20. The Morgan fingerprint density at radius 2 is 1.67 bits per heavy atom. The Kier molecular flexibility index (Phi) is 6.61. The average molecular weight is 488 g/mol. The van der Waals surface area contributed by atoms with Gasteiger partial charge in [-0.3, -0.25) is 14.4 Å². The molecule has 36 heavy (non-hydrogen) atoms. The smallest absolute Gasteiger partial charge is 0.294 e. The van der Waals surface area contributed by atoms with Gasteiger partial charge in [0.1, 0.15) is 0 Å². The van der Waals surface area contributed by atoms with Crippen LogP contribution >= 0.6 is 0 Å². The van der Waals surface area contributed by atoms with E-state index in [1.165, 1.54) is 13.2 Å². The van der Waals surface area contributed by atoms with Crippen LogP contribution in [0.25, 0.3) is 11.1 Å². The molecule has 0 aliphatic carbocycles. The number of rotatable bonds is 4. The fraction of sp³-hybridized carbons (Fsp3) is 0.321. The van der Waals surface area contributed by atoms with E-state index in [2.05, 4.69) is 0 Å². The summed E-state index contributed by atoms with van der Waals surface area (Å²) in [4.78, 5) is 43.5. The second-order valence-electron chi connectivity index (χ2n) is 9.20. The third-order valence-electron chi connectivity index (χ3n) is 6.74. The Morgan fingerprint density at radius 1 is 0.944 bits per heavy atom. The third kappa shape index (κ3) is 4.64. The lowest BCUT2D eigenvalue weighted by Crippen LogP contribution is -2.51. The maximum atomic E-state index is 13.3. The Bertz CT molecular complexity index is 1260. The molecule has 0 N–H and O–H groups in total. The fourth-order valence-corrected chi connectivity index (χ4v) is 4.92. The number of hydrogen-bond donors (Lipinski definition) is 0. The van der Waals surface area contributed by atoms with Crippen LogP contribution in [-0.4, -0.2) is 61.5 Å². The van der Waals surface area contributed by atoms with E-state index >= 15 is 0 Å². The van der Waals surface area contributed by atoms with E-state index in [1.54, 1.807) is 21.9 Å². The summed E-state index contributed by atoms with van der Waals surface area (Å²) in [6, 6.07) is 16.8. The molecule has 5 rings (SSSR count). The van der Waals surface area contributed by atoms with E-state index in [-0.39, 0.29) is 29.5 Å². The molecule has 186 valence electrons. The lowest BCUT2D eigenvalue weighted by Gasteiger charge is -2.40. The van der Waals surface area contributed by atoms with E-state index in [1.807, 2.05) is 54.3 Å². The van der Waals surface area contributed by atoms with Crippen LogP contribution in [0.5, 0.6) is 0 Å². The normalized spacial score (nSPS) is 17.6. The first-order valence-electron chi connectivity index (χ1n) is 12.2. The SMILES string of the molecule is CC(=O)N1c2ccc(-c3ccc(CC(=O)N4CCOCC4)cc3)cc2N(C(=O)c2ccco2)C[C@@H]1C. The maximum absolute atomic E-state index is 13.3. The van der Waals surface area contributed by atoms with E-state index in [0.29, 0.717) is 50.6 Å². The first-order chi connectivity index (χ1) is 17.4. The predicted octanol–water partition coefficient (Wildman–Crippen LogP) is 3.75. The predicted molar refractivity (Wildman–Crippen MR) is 136 cm³/mol. The summed E-state index contributed by atoms with van der Waals surface area (Å²) in [6.45, 7) is 6.26. The number of anilines is 2. The molecule has 8 nitrogen and oxygen atoms in total. The highest BCUT2D eigenvalue weighted by atomic mass is 16.5. The largest absolute Gasteiger partial charge is 0.459 e. The molecule has 1 aromatic heterocycles. The molecule has 8 heteroatoms. The Labute approximate surface area is 210 Å². The Balaban J connectivity index is 1.43. The van der Waals surface area contributed by atoms with Crippen LogP contribution in [0.3, 0.4) is 0 Å². The number of benzene rings is 2. The van der Waals surface area contributed by atoms with Gasteiger partial charge in [-0.05, 0) is 47.9 Å². The molecular formula is C28H29N3O5. The van der Waals surface area contributed by atoms with Crippen LogP contribution in [-0.2, 0) is 20.7 Å². The monoisotopic (exact) mass is 487 g/mol. The number of hydrogen-bond acceptors (Lipinski definition) is 5. The van der Waals surface area contributed by atoms with Crippen molar-refractivity contribution in [1.82, 2.24) is 4.90 Å². The highest BCUT2D eigenvalue weighted by molar-refractivity contribution is 6.10. The van der Waals surface area contributed by atoms with Crippen molar-refractivity contribution in [3.8, 4) is 11.1 Å². The molecule has 0 unspecified atom stereocenters. The zero-order valence-electron chi connectivity index (χ0n) is 20.5. The summed E-state index contributed by atoms with van der Waals surface area (Å²) in [5.74, 6) is 0.0378. The molecule has 2 aliphatic heterocycles. The van der Waals surface area contributed by atoms with Gasteiger partial charge < -0.3 is 23.9 Å². The van der Waals surface area contributed by atoms with Crippen LogP contribution in [0.4, 0.5) is 11.4 Å². The van der Waals surface area contributed by atoms with Crippen molar-refractivity contribution < 1.29 is 23.5 Å². The number of amides is 3. The number of fused-ring (bicyclic) bond motifs is 1. The molecule has 0 spiro atoms. The topological polar surface area (TPSA) is 83.3 Å². The standard InChI is InChI=1S/C28H29N3O5/c1-19-18-30(28(34)26-4-3-13-36-26)25-17-23(9-10-24(25)31(19)20(2)32)22-7-5-21(6-8-22)16-27(33)29-11-14-35-15-12-29/h3-10,13,17,19H,11-12,14-16,18H2,1-2H3/t19-/m0/s1. The van der Waals surface area contributed by atoms with Crippen molar-refractivity contribution in [2.24, 2.45) is 0 Å². The second kappa shape index (κ2) is 9.99. The van der Waals surface area contributed by atoms with Gasteiger partial charge in [-0.1, -0.05) is 30.3 Å². The summed E-state index contributed by atoms with van der Waals surface area (Å²) >= 11 is 0. The molecule has 1 fully saturated rings. The Morgan fingerprint density at radius 3 is 2.33 bits per heavy atom. The zero-order valence-corrected chi connectivity index (χ0v) is 20.5. The van der Waals surface area contributed by atoms with Crippen molar-refractivity contribution in [3.63, 3.8) is 0 Å². The van der Waals surface area contributed by atoms with Crippen molar-refractivity contribution in [3.05, 3.63) is 72.2 Å². The number of nitrogens with zero attached hydrogens (tertiary/aromatic N) is 3. The van der Waals surface area contributed by atoms with Gasteiger partial charge in [-0.15, -0.1) is 0 Å². The average Bonchev–Trinajstić information content (AvgIpc) is 3.43. The summed E-state index contributed by atoms with van der Waals surface area (Å²) < 4.78 is 10.7. The molecule has 1 saturated heterocycles. The van der Waals surface area contributed by atoms with Crippen molar-refractivity contribution in [2.45, 2.75) is 26.3 Å². The lowest BCUT2D eigenvalue weighted by atomic mass is 9.99. The van der Waals surface area contributed by atoms with Crippen molar-refractivity contribution in [2.75, 3.05) is 42.6 Å². The highest BCUT2D eigenvalue weighted by Crippen LogP contribution is 2.39. The van der Waals surface area contributed by atoms with Crippen LogP contribution in [0.2, 0.25) is 0 Å². The van der Waals surface area contributed by atoms with Crippen LogP contribution in [0.15, 0.2) is 65.3 Å². The highest BCUT2D eigenvalue weighted by Gasteiger charge is 2.35. The number of morpholine rings is 1. The molecular weight excluding hydrogens is 458 g/mol. The van der Waals surface area contributed by atoms with Gasteiger partial charge in [0, 0.05) is 26.6 Å². The van der Waals surface area contributed by atoms with Crippen molar-refractivity contribution >= 4 is 29.1 Å². The van der Waals surface area contributed by atoms with Crippen LogP contribution < -0.4 is 9.80 Å². The lowest BCUT2D eigenvalue weighted by molar-refractivity contribution is -0.134. The summed E-state index contributed by atoms with van der Waals surface area (Å²) in [7, 11) is 0. The minimum atomic E-state index is -0.245. The number of ether oxygens (including phenoxy) is 1. The van der Waals surface area contributed by atoms with Crippen LogP contribution in [0, 0.1) is 0 Å². The number of furan rings is 1. The van der Waals surface area contributed by atoms with Gasteiger partial charge in [0.05, 0.1) is 43.3 Å². The molecule has 2 aromatic carbocycles. The molecule has 3 heterocycles. The first kappa shape index (κ1) is 23.8. The van der Waals surface area contributed by atoms with Gasteiger partial charge in [-0.2, -0.15) is 0 Å². The maximum Gasteiger partial charge on any atom is 0.294 e. The molecule has 2 aliphatic rings. The van der Waals surface area contributed by atoms with E-state index in [4.69, 9.17) is 9.15 Å². The molecule has 3 amide bonds. The fourth-order valence-electron chi connectivity index (χ4n) is 4.92. The van der Waals surface area contributed by atoms with Gasteiger partial charge >= 0.3 is 0 Å². The molecule has 1 atom stereocenters. The van der Waals surface area contributed by atoms with Crippen molar-refractivity contribution in [1.29, 1.82) is 0 Å². The zero-order chi connectivity index (χ0) is 25.2. The molecule has 0 radical (unpaired) electrons. The number of carbonyl (C=O) groups excluding carboxylic acids is 3. The van der Waals surface area contributed by atoms with Gasteiger partial charge in [-0.25, -0.2) is 0 Å². The molecule has 0 bridgehead atoms. The quantitative estimate of drug-likeness (QED) is 0.560. The minimum absolute atomic E-state index is 0.0733. The van der Waals surface area contributed by atoms with Gasteiger partial charge in [0.2, 0.25) is 11.8 Å². The molecule has 3 aromatic rings. The van der Waals surface area contributed by atoms with Gasteiger partial charge in [0.25, 0.3) is 5.91 Å². The van der Waals surface area contributed by atoms with E-state index in [0.717, 1.165) is 16.7 Å². The summed E-state index contributed by atoms with van der Waals surface area (Å²) in [5, 5.41) is 0. The summed E-state index contributed by atoms with van der Waals surface area (Å²) in [6.07, 6.45) is 1.83. The third-order valence-corrected chi connectivity index (χ3v) is 6.74. The number of carbonyl (C=O) groups is 3. The first-order valence-corrected chi connectivity index (χ1v) is 12.2. The van der Waals surface area contributed by atoms with E-state index < -0.39 is 0 Å². The molecule has 0 saturated carbocycles. The van der Waals surface area contributed by atoms with E-state index in [9.17, 15) is 14.4 Å². The minimum Gasteiger partial charge on any atom is -0.459 e. The van der Waals surface area contributed by atoms with Crippen LogP contribution in [0.1, 0.15) is 30.0 Å².